The van der Waals surface area contributed by atoms with E-state index >= 15 is 0 Å². The Morgan fingerprint density at radius 2 is 1.81 bits per heavy atom. The minimum absolute atomic E-state index is 0.00457. The Labute approximate surface area is 214 Å². The van der Waals surface area contributed by atoms with Gasteiger partial charge in [-0.25, -0.2) is 19.0 Å². The Balaban J connectivity index is 2.06. The van der Waals surface area contributed by atoms with E-state index in [1.807, 2.05) is 18.2 Å². The van der Waals surface area contributed by atoms with Crippen LogP contribution >= 0.6 is 11.6 Å². The Bertz CT molecular complexity index is 1250. The molecule has 0 bridgehead atoms. The molecular formula is C27H28ClFN2O5. The molecule has 0 radical (unpaired) electrons. The molecule has 2 atom stereocenters. The first kappa shape index (κ1) is 27.1. The van der Waals surface area contributed by atoms with Crippen molar-refractivity contribution in [2.75, 3.05) is 7.11 Å². The lowest BCUT2D eigenvalue weighted by Gasteiger charge is -2.30. The molecule has 36 heavy (non-hydrogen) atoms. The number of aliphatic hydroxyl groups is 1. The normalized spacial score (nSPS) is 14.3. The molecule has 2 aromatic carbocycles. The molecule has 0 saturated heterocycles. The minimum Gasteiger partial charge on any atom is -0.467 e. The van der Waals surface area contributed by atoms with Crippen molar-refractivity contribution in [3.05, 3.63) is 88.3 Å². The van der Waals surface area contributed by atoms with Gasteiger partial charge in [-0.3, -0.25) is 0 Å². The van der Waals surface area contributed by atoms with Gasteiger partial charge in [0.05, 0.1) is 23.5 Å². The number of hydrogen-bond acceptors (Lipinski definition) is 6. The number of halogens is 2. The van der Waals surface area contributed by atoms with E-state index in [0.717, 1.165) is 5.56 Å². The summed E-state index contributed by atoms with van der Waals surface area (Å²) in [6.07, 6.45) is -0.534. The Hall–Kier alpha value is -3.49. The number of ether oxygens (including phenoxy) is 2. The molecule has 1 aromatic heterocycles. The highest BCUT2D eigenvalue weighted by Gasteiger charge is 2.40. The number of nitrogens with one attached hydrogen (secondary N) is 1. The van der Waals surface area contributed by atoms with Gasteiger partial charge in [0.25, 0.3) is 0 Å². The number of carbonyl (C=O) groups excluding carboxylic acids is 2. The van der Waals surface area contributed by atoms with E-state index in [2.05, 4.69) is 10.3 Å². The molecule has 3 aromatic rings. The zero-order valence-corrected chi connectivity index (χ0v) is 21.2. The molecule has 190 valence electrons. The van der Waals surface area contributed by atoms with Crippen LogP contribution in [-0.2, 0) is 32.0 Å². The van der Waals surface area contributed by atoms with E-state index in [9.17, 15) is 19.1 Å². The molecule has 2 N–H and O–H groups in total. The van der Waals surface area contributed by atoms with Crippen LogP contribution in [0.4, 0.5) is 9.18 Å². The predicted octanol–water partition coefficient (Wildman–Crippen LogP) is 5.47. The Morgan fingerprint density at radius 1 is 1.11 bits per heavy atom. The number of amides is 1. The van der Waals surface area contributed by atoms with E-state index in [1.165, 1.54) is 38.3 Å². The monoisotopic (exact) mass is 514 g/mol. The lowest BCUT2D eigenvalue weighted by atomic mass is 9.87. The summed E-state index contributed by atoms with van der Waals surface area (Å²) in [5.74, 6) is -1.37. The number of methoxy groups -OCH3 is 1. The topological polar surface area (TPSA) is 97.8 Å². The Morgan fingerprint density at radius 3 is 2.42 bits per heavy atom. The lowest BCUT2D eigenvalue weighted by Crippen LogP contribution is -2.50. The molecule has 0 saturated carbocycles. The number of alkyl carbamates (subject to hydrolysis) is 1. The van der Waals surface area contributed by atoms with Crippen LogP contribution in [0.3, 0.4) is 0 Å². The van der Waals surface area contributed by atoms with Gasteiger partial charge in [0.15, 0.2) is 5.54 Å². The van der Waals surface area contributed by atoms with Gasteiger partial charge in [0.2, 0.25) is 0 Å². The van der Waals surface area contributed by atoms with Crippen molar-refractivity contribution in [3.63, 3.8) is 0 Å². The van der Waals surface area contributed by atoms with E-state index in [4.69, 9.17) is 21.1 Å². The van der Waals surface area contributed by atoms with Gasteiger partial charge in [-0.15, -0.1) is 0 Å². The van der Waals surface area contributed by atoms with Crippen LogP contribution in [0.1, 0.15) is 44.0 Å². The number of carbonyl (C=O) groups is 2. The first-order valence-electron chi connectivity index (χ1n) is 11.3. The van der Waals surface area contributed by atoms with E-state index in [-0.39, 0.29) is 22.9 Å². The summed E-state index contributed by atoms with van der Waals surface area (Å²) in [5, 5.41) is 13.5. The van der Waals surface area contributed by atoms with Crippen molar-refractivity contribution >= 4 is 23.7 Å². The molecule has 0 aliphatic rings. The van der Waals surface area contributed by atoms with Crippen molar-refractivity contribution in [1.29, 1.82) is 0 Å². The van der Waals surface area contributed by atoms with Crippen molar-refractivity contribution in [2.24, 2.45) is 0 Å². The fourth-order valence-electron chi connectivity index (χ4n) is 3.49. The van der Waals surface area contributed by atoms with Crippen molar-refractivity contribution in [3.8, 4) is 11.3 Å². The summed E-state index contributed by atoms with van der Waals surface area (Å²) in [6.45, 7) is 4.82. The summed E-state index contributed by atoms with van der Waals surface area (Å²) >= 11 is 5.98. The average molecular weight is 515 g/mol. The zero-order chi connectivity index (χ0) is 26.5. The molecule has 9 heteroatoms. The number of hydrogen-bond donors (Lipinski definition) is 2. The second-order valence-electron chi connectivity index (χ2n) is 8.69. The molecule has 0 spiro atoms. The summed E-state index contributed by atoms with van der Waals surface area (Å²) in [7, 11) is 1.20. The van der Waals surface area contributed by atoms with Crippen molar-refractivity contribution in [1.82, 2.24) is 10.3 Å². The van der Waals surface area contributed by atoms with Gasteiger partial charge in [-0.1, -0.05) is 48.9 Å². The lowest BCUT2D eigenvalue weighted by molar-refractivity contribution is -0.148. The summed E-state index contributed by atoms with van der Waals surface area (Å²) in [4.78, 5) is 30.3. The maximum Gasteiger partial charge on any atom is 0.408 e. The number of aromatic nitrogens is 1. The first-order chi connectivity index (χ1) is 17.0. The third-order valence-electron chi connectivity index (χ3n) is 6.02. The van der Waals surface area contributed by atoms with Gasteiger partial charge < -0.3 is 19.9 Å². The van der Waals surface area contributed by atoms with Gasteiger partial charge in [0, 0.05) is 5.56 Å². The maximum absolute atomic E-state index is 13.8. The molecule has 7 nitrogen and oxygen atoms in total. The van der Waals surface area contributed by atoms with Crippen LogP contribution in [0, 0.1) is 5.82 Å². The molecule has 0 aliphatic carbocycles. The SMILES string of the molecule is CCC(C)(O)c1cc(C(C)(NC(=O)OCc2ccccc2)C(=O)OC)cc(-c2ccc(F)c(Cl)c2)n1. The van der Waals surface area contributed by atoms with Crippen LogP contribution in [0.25, 0.3) is 11.3 Å². The van der Waals surface area contributed by atoms with Crippen LogP contribution in [0.5, 0.6) is 0 Å². The molecule has 1 amide bonds. The third-order valence-corrected chi connectivity index (χ3v) is 6.31. The zero-order valence-electron chi connectivity index (χ0n) is 20.5. The van der Waals surface area contributed by atoms with Crippen molar-refractivity contribution in [2.45, 2.75) is 44.9 Å². The molecule has 2 unspecified atom stereocenters. The van der Waals surface area contributed by atoms with Crippen LogP contribution in [-0.4, -0.2) is 29.3 Å². The second-order valence-corrected chi connectivity index (χ2v) is 9.09. The van der Waals surface area contributed by atoms with E-state index in [0.29, 0.717) is 17.7 Å². The number of nitrogens with zero attached hydrogens (tertiary/aromatic N) is 1. The van der Waals surface area contributed by atoms with Gasteiger partial charge in [-0.2, -0.15) is 0 Å². The molecule has 0 fully saturated rings. The fourth-order valence-corrected chi connectivity index (χ4v) is 3.67. The quantitative estimate of drug-likeness (QED) is 0.387. The maximum atomic E-state index is 13.8. The minimum atomic E-state index is -1.71. The highest BCUT2D eigenvalue weighted by molar-refractivity contribution is 6.31. The molecule has 1 heterocycles. The van der Waals surface area contributed by atoms with Crippen molar-refractivity contribution < 1.29 is 28.6 Å². The number of benzene rings is 2. The second kappa shape index (κ2) is 11.1. The smallest absolute Gasteiger partial charge is 0.408 e. The van der Waals surface area contributed by atoms with Crippen LogP contribution < -0.4 is 5.32 Å². The standard InChI is InChI=1S/C27H28ClFN2O5/c1-5-26(2,34)23-15-19(14-22(30-23)18-11-12-21(29)20(28)13-18)27(3,24(32)35-4)31-25(33)36-16-17-9-7-6-8-10-17/h6-15,34H,5,16H2,1-4H3,(H,31,33). The predicted molar refractivity (Wildman–Crippen MR) is 134 cm³/mol. The van der Waals surface area contributed by atoms with Crippen LogP contribution in [0.15, 0.2) is 60.7 Å². The van der Waals surface area contributed by atoms with Gasteiger partial charge in [0.1, 0.15) is 18.0 Å². The highest BCUT2D eigenvalue weighted by Crippen LogP contribution is 2.33. The number of esters is 1. The number of rotatable bonds is 8. The summed E-state index contributed by atoms with van der Waals surface area (Å²) < 4.78 is 24.1. The molecular weight excluding hydrogens is 487 g/mol. The highest BCUT2D eigenvalue weighted by atomic mass is 35.5. The fraction of sp³-hybridized carbons (Fsp3) is 0.296. The van der Waals surface area contributed by atoms with E-state index in [1.54, 1.807) is 32.0 Å². The van der Waals surface area contributed by atoms with Gasteiger partial charge >= 0.3 is 12.1 Å². The molecule has 0 aliphatic heterocycles. The molecule has 3 rings (SSSR count). The van der Waals surface area contributed by atoms with Crippen LogP contribution in [0.2, 0.25) is 5.02 Å². The first-order valence-corrected chi connectivity index (χ1v) is 11.7. The average Bonchev–Trinajstić information content (AvgIpc) is 2.88. The number of pyridine rings is 1. The summed E-state index contributed by atoms with van der Waals surface area (Å²) in [6, 6.07) is 16.2. The van der Waals surface area contributed by atoms with E-state index < -0.39 is 29.0 Å². The summed E-state index contributed by atoms with van der Waals surface area (Å²) in [5.41, 5.74) is -1.01. The third kappa shape index (κ3) is 6.01. The van der Waals surface area contributed by atoms with Gasteiger partial charge in [-0.05, 0) is 61.7 Å². The Kier molecular flexibility index (Phi) is 8.32. The largest absolute Gasteiger partial charge is 0.467 e.